The monoisotopic (exact) mass is 344 g/mol. The molecule has 0 aliphatic carbocycles. The molecule has 0 radical (unpaired) electrons. The van der Waals surface area contributed by atoms with Crippen molar-refractivity contribution in [3.8, 4) is 0 Å². The van der Waals surface area contributed by atoms with Crippen LogP contribution in [0.3, 0.4) is 0 Å². The van der Waals surface area contributed by atoms with Gasteiger partial charge in [-0.25, -0.2) is 0 Å². The lowest BCUT2D eigenvalue weighted by atomic mass is 10.1. The maximum Gasteiger partial charge on any atom is 0.237 e. The van der Waals surface area contributed by atoms with Gasteiger partial charge in [-0.3, -0.25) is 14.4 Å². The Morgan fingerprint density at radius 2 is 2.12 bits per heavy atom. The molecule has 0 spiro atoms. The molecule has 4 heterocycles. The van der Waals surface area contributed by atoms with E-state index >= 15 is 0 Å². The highest BCUT2D eigenvalue weighted by Gasteiger charge is 2.34. The van der Waals surface area contributed by atoms with E-state index in [2.05, 4.69) is 38.6 Å². The zero-order chi connectivity index (χ0) is 16.5. The highest BCUT2D eigenvalue weighted by atomic mass is 32.1. The van der Waals surface area contributed by atoms with E-state index in [1.165, 1.54) is 10.4 Å². The molecular weight excluding hydrogens is 320 g/mol. The lowest BCUT2D eigenvalue weighted by Gasteiger charge is -2.29. The van der Waals surface area contributed by atoms with Crippen molar-refractivity contribution in [3.05, 3.63) is 40.3 Å². The van der Waals surface area contributed by atoms with Crippen LogP contribution in [-0.2, 0) is 11.8 Å². The summed E-state index contributed by atoms with van der Waals surface area (Å²) in [5.41, 5.74) is 1.24. The van der Waals surface area contributed by atoms with Crippen LogP contribution in [0.25, 0.3) is 0 Å². The second kappa shape index (κ2) is 6.69. The van der Waals surface area contributed by atoms with Crippen molar-refractivity contribution in [2.24, 2.45) is 7.05 Å². The summed E-state index contributed by atoms with van der Waals surface area (Å²) in [5, 5.41) is 6.40. The van der Waals surface area contributed by atoms with Gasteiger partial charge in [0.25, 0.3) is 0 Å². The Morgan fingerprint density at radius 3 is 2.88 bits per heavy atom. The van der Waals surface area contributed by atoms with Crippen LogP contribution in [0, 0.1) is 0 Å². The first-order valence-electron chi connectivity index (χ1n) is 8.78. The molecule has 2 unspecified atom stereocenters. The van der Waals surface area contributed by atoms with Gasteiger partial charge in [0.1, 0.15) is 0 Å². The van der Waals surface area contributed by atoms with Crippen molar-refractivity contribution in [1.29, 1.82) is 0 Å². The summed E-state index contributed by atoms with van der Waals surface area (Å²) < 4.78 is 1.85. The van der Waals surface area contributed by atoms with Gasteiger partial charge in [-0.15, -0.1) is 11.3 Å². The average Bonchev–Trinajstić information content (AvgIpc) is 3.34. The molecule has 1 amide bonds. The van der Waals surface area contributed by atoms with Gasteiger partial charge in [0, 0.05) is 36.3 Å². The van der Waals surface area contributed by atoms with Crippen molar-refractivity contribution in [1.82, 2.24) is 19.6 Å². The van der Waals surface area contributed by atoms with E-state index in [9.17, 15) is 4.79 Å². The van der Waals surface area contributed by atoms with E-state index in [0.29, 0.717) is 12.6 Å². The third-order valence-electron chi connectivity index (χ3n) is 5.26. The van der Waals surface area contributed by atoms with Gasteiger partial charge < -0.3 is 4.90 Å². The predicted molar refractivity (Wildman–Crippen MR) is 94.8 cm³/mol. The number of thiophene rings is 1. The molecular formula is C18H24N4OS. The van der Waals surface area contributed by atoms with E-state index < -0.39 is 0 Å². The average molecular weight is 344 g/mol. The molecule has 2 saturated heterocycles. The van der Waals surface area contributed by atoms with Crippen LogP contribution in [-0.4, -0.2) is 45.1 Å². The number of nitrogens with zero attached hydrogens (tertiary/aromatic N) is 4. The molecule has 0 bridgehead atoms. The van der Waals surface area contributed by atoms with Gasteiger partial charge >= 0.3 is 0 Å². The van der Waals surface area contributed by atoms with Gasteiger partial charge in [-0.05, 0) is 43.7 Å². The fourth-order valence-electron chi connectivity index (χ4n) is 4.11. The number of aryl methyl sites for hydroxylation is 1. The third kappa shape index (κ3) is 3.00. The molecule has 4 rings (SSSR count). The maximum absolute atomic E-state index is 13.0. The Morgan fingerprint density at radius 1 is 1.29 bits per heavy atom. The molecule has 2 aromatic rings. The van der Waals surface area contributed by atoms with E-state index in [-0.39, 0.29) is 11.9 Å². The Balaban J connectivity index is 1.45. The number of likely N-dealkylation sites (tertiary alicyclic amines) is 2. The van der Waals surface area contributed by atoms with Gasteiger partial charge in [0.2, 0.25) is 5.91 Å². The second-order valence-corrected chi connectivity index (χ2v) is 7.82. The largest absolute Gasteiger partial charge is 0.334 e. The summed E-state index contributed by atoms with van der Waals surface area (Å²) in [4.78, 5) is 18.7. The first-order chi connectivity index (χ1) is 11.7. The standard InChI is InChI=1S/C18H24N4OS/c1-20-12-14(11-19-20)15-5-2-8-21(15)13-18(23)22-9-3-6-16(22)17-7-4-10-24-17/h4,7,10-12,15-16H,2-3,5-6,8-9,13H2,1H3. The predicted octanol–water partition coefficient (Wildman–Crippen LogP) is 2.98. The third-order valence-corrected chi connectivity index (χ3v) is 6.23. The van der Waals surface area contributed by atoms with Crippen LogP contribution in [0.2, 0.25) is 0 Å². The van der Waals surface area contributed by atoms with Gasteiger partial charge in [0.15, 0.2) is 0 Å². The Kier molecular flexibility index (Phi) is 4.41. The minimum absolute atomic E-state index is 0.279. The summed E-state index contributed by atoms with van der Waals surface area (Å²) in [7, 11) is 1.95. The number of rotatable bonds is 4. The van der Waals surface area contributed by atoms with Crippen molar-refractivity contribution in [3.63, 3.8) is 0 Å². The lowest BCUT2D eigenvalue weighted by Crippen LogP contribution is -2.39. The van der Waals surface area contributed by atoms with Crippen LogP contribution < -0.4 is 0 Å². The molecule has 2 aliphatic rings. The summed E-state index contributed by atoms with van der Waals surface area (Å²) >= 11 is 1.77. The number of carbonyl (C=O) groups excluding carboxylic acids is 1. The molecule has 24 heavy (non-hydrogen) atoms. The van der Waals surface area contributed by atoms with Crippen molar-refractivity contribution < 1.29 is 4.79 Å². The van der Waals surface area contributed by atoms with Gasteiger partial charge in [0.05, 0.1) is 18.8 Å². The molecule has 2 atom stereocenters. The number of hydrogen-bond donors (Lipinski definition) is 0. The zero-order valence-corrected chi connectivity index (χ0v) is 14.9. The maximum atomic E-state index is 13.0. The molecule has 2 aliphatic heterocycles. The van der Waals surface area contributed by atoms with Crippen LogP contribution in [0.4, 0.5) is 0 Å². The Hall–Kier alpha value is -1.66. The van der Waals surface area contributed by atoms with Gasteiger partial charge in [-0.1, -0.05) is 6.07 Å². The van der Waals surface area contributed by atoms with Crippen molar-refractivity contribution >= 4 is 17.2 Å². The Labute approximate surface area is 146 Å². The molecule has 128 valence electrons. The first kappa shape index (κ1) is 15.8. The number of amides is 1. The van der Waals surface area contributed by atoms with E-state index in [0.717, 1.165) is 38.8 Å². The molecule has 6 heteroatoms. The van der Waals surface area contributed by atoms with Gasteiger partial charge in [-0.2, -0.15) is 5.10 Å². The SMILES string of the molecule is Cn1cc(C2CCCN2CC(=O)N2CCCC2c2cccs2)cn1. The molecule has 2 fully saturated rings. The fraction of sp³-hybridized carbons (Fsp3) is 0.556. The second-order valence-electron chi connectivity index (χ2n) is 6.84. The number of hydrogen-bond acceptors (Lipinski definition) is 4. The van der Waals surface area contributed by atoms with E-state index in [1.807, 2.05) is 17.9 Å². The minimum atomic E-state index is 0.279. The molecule has 0 saturated carbocycles. The van der Waals surface area contributed by atoms with Crippen molar-refractivity contribution in [2.45, 2.75) is 37.8 Å². The quantitative estimate of drug-likeness (QED) is 0.856. The summed E-state index contributed by atoms with van der Waals surface area (Å²) in [6.45, 7) is 2.43. The van der Waals surface area contributed by atoms with E-state index in [1.54, 1.807) is 11.3 Å². The van der Waals surface area contributed by atoms with Crippen molar-refractivity contribution in [2.75, 3.05) is 19.6 Å². The van der Waals surface area contributed by atoms with Crippen LogP contribution in [0.15, 0.2) is 29.9 Å². The number of carbonyl (C=O) groups is 1. The zero-order valence-electron chi connectivity index (χ0n) is 14.1. The van der Waals surface area contributed by atoms with Crippen LogP contribution in [0.5, 0.6) is 0 Å². The topological polar surface area (TPSA) is 41.4 Å². The van der Waals surface area contributed by atoms with Crippen LogP contribution >= 0.6 is 11.3 Å². The Bertz CT molecular complexity index is 696. The summed E-state index contributed by atoms with van der Waals surface area (Å²) in [5.74, 6) is 0.279. The number of aromatic nitrogens is 2. The molecule has 2 aromatic heterocycles. The highest BCUT2D eigenvalue weighted by Crippen LogP contribution is 2.36. The first-order valence-corrected chi connectivity index (χ1v) is 9.66. The van der Waals surface area contributed by atoms with E-state index in [4.69, 9.17) is 0 Å². The highest BCUT2D eigenvalue weighted by molar-refractivity contribution is 7.10. The minimum Gasteiger partial charge on any atom is -0.334 e. The normalized spacial score (nSPS) is 24.8. The molecule has 0 N–H and O–H groups in total. The lowest BCUT2D eigenvalue weighted by molar-refractivity contribution is -0.133. The summed E-state index contributed by atoms with van der Waals surface area (Å²) in [6, 6.07) is 4.87. The smallest absolute Gasteiger partial charge is 0.237 e. The summed E-state index contributed by atoms with van der Waals surface area (Å²) in [6.07, 6.45) is 8.50. The molecule has 5 nitrogen and oxygen atoms in total. The van der Waals surface area contributed by atoms with Crippen LogP contribution in [0.1, 0.15) is 48.2 Å². The molecule has 0 aromatic carbocycles. The fourth-order valence-corrected chi connectivity index (χ4v) is 4.99.